The molecule has 2 fully saturated rings. The largest absolute Gasteiger partial charge is 0.359 e. The van der Waals surface area contributed by atoms with E-state index in [0.29, 0.717) is 24.5 Å². The third-order valence-electron chi connectivity index (χ3n) is 9.04. The number of benzene rings is 1. The van der Waals surface area contributed by atoms with Gasteiger partial charge >= 0.3 is 0 Å². The van der Waals surface area contributed by atoms with Crippen LogP contribution in [0.2, 0.25) is 0 Å². The lowest BCUT2D eigenvalue weighted by atomic mass is 9.58. The van der Waals surface area contributed by atoms with Gasteiger partial charge in [-0.1, -0.05) is 37.3 Å². The van der Waals surface area contributed by atoms with Gasteiger partial charge in [-0.3, -0.25) is 9.79 Å². The predicted molar refractivity (Wildman–Crippen MR) is 117 cm³/mol. The summed E-state index contributed by atoms with van der Waals surface area (Å²) in [5.41, 5.74) is 7.74. The molecule has 7 rings (SSSR count). The van der Waals surface area contributed by atoms with Crippen LogP contribution in [0.15, 0.2) is 52.6 Å². The van der Waals surface area contributed by atoms with Gasteiger partial charge in [0, 0.05) is 30.4 Å². The molecule has 3 aliphatic heterocycles. The molecule has 2 bridgehead atoms. The Balaban J connectivity index is 1.32. The number of rotatable bonds is 1. The summed E-state index contributed by atoms with van der Waals surface area (Å²) in [6, 6.07) is 6.87. The molecule has 152 valence electrons. The van der Waals surface area contributed by atoms with Gasteiger partial charge < -0.3 is 4.74 Å². The molecule has 1 aromatic carbocycles. The average molecular weight is 398 g/mol. The molecule has 1 unspecified atom stereocenters. The maximum absolute atomic E-state index is 12.3. The Bertz CT molecular complexity index is 1140. The van der Waals surface area contributed by atoms with Gasteiger partial charge in [-0.05, 0) is 71.6 Å². The maximum atomic E-state index is 12.3. The van der Waals surface area contributed by atoms with E-state index in [0.717, 1.165) is 38.6 Å². The number of fused-ring (bicyclic) bond motifs is 2. The van der Waals surface area contributed by atoms with E-state index in [2.05, 4.69) is 48.3 Å². The second-order valence-corrected chi connectivity index (χ2v) is 10.4. The topological polar surface area (TPSA) is 38.7 Å². The van der Waals surface area contributed by atoms with E-state index in [-0.39, 0.29) is 16.6 Å². The molecule has 3 heterocycles. The first-order valence-electron chi connectivity index (χ1n) is 11.5. The fraction of sp³-hybridized carbons (Fsp3) is 0.481. The van der Waals surface area contributed by atoms with Gasteiger partial charge in [0.05, 0.1) is 17.7 Å². The monoisotopic (exact) mass is 397 g/mol. The second kappa shape index (κ2) is 5.50. The van der Waals surface area contributed by atoms with Gasteiger partial charge in [0.2, 0.25) is 0 Å². The highest BCUT2D eigenvalue weighted by atomic mass is 16.5. The van der Waals surface area contributed by atoms with Gasteiger partial charge in [0.15, 0.2) is 0 Å². The van der Waals surface area contributed by atoms with E-state index in [4.69, 9.17) is 4.74 Å². The Labute approximate surface area is 177 Å². The summed E-state index contributed by atoms with van der Waals surface area (Å²) in [6.07, 6.45) is 15.7. The summed E-state index contributed by atoms with van der Waals surface area (Å²) in [5, 5.41) is 0. The van der Waals surface area contributed by atoms with Gasteiger partial charge in [0.25, 0.3) is 0 Å². The van der Waals surface area contributed by atoms with Crippen molar-refractivity contribution in [1.82, 2.24) is 0 Å². The molecule has 1 aromatic rings. The molecule has 30 heavy (non-hydrogen) atoms. The fourth-order valence-electron chi connectivity index (χ4n) is 7.52. The van der Waals surface area contributed by atoms with Crippen molar-refractivity contribution in [3.63, 3.8) is 0 Å². The van der Waals surface area contributed by atoms with Crippen molar-refractivity contribution < 1.29 is 9.53 Å². The third kappa shape index (κ3) is 2.00. The highest BCUT2D eigenvalue weighted by Gasteiger charge is 2.65. The van der Waals surface area contributed by atoms with Crippen LogP contribution in [0, 0.1) is 11.3 Å². The molecular weight excluding hydrogens is 370 g/mol. The first kappa shape index (κ1) is 17.4. The summed E-state index contributed by atoms with van der Waals surface area (Å²) in [7, 11) is 0. The van der Waals surface area contributed by atoms with Crippen LogP contribution in [-0.4, -0.2) is 23.2 Å². The minimum absolute atomic E-state index is 0.0725. The zero-order valence-electron chi connectivity index (χ0n) is 17.5. The van der Waals surface area contributed by atoms with Crippen molar-refractivity contribution in [3.8, 4) is 0 Å². The first-order valence-corrected chi connectivity index (χ1v) is 11.5. The Morgan fingerprint density at radius 2 is 2.10 bits per heavy atom. The lowest BCUT2D eigenvalue weighted by Gasteiger charge is -2.53. The van der Waals surface area contributed by atoms with Crippen LogP contribution in [0.1, 0.15) is 68.6 Å². The van der Waals surface area contributed by atoms with E-state index in [1.54, 1.807) is 0 Å². The van der Waals surface area contributed by atoms with Crippen molar-refractivity contribution in [2.24, 2.45) is 16.3 Å². The number of hydrogen-bond acceptors (Lipinski definition) is 3. The third-order valence-corrected chi connectivity index (χ3v) is 9.04. The van der Waals surface area contributed by atoms with Crippen molar-refractivity contribution >= 4 is 17.6 Å². The molecule has 2 spiro atoms. The second-order valence-electron chi connectivity index (χ2n) is 10.4. The van der Waals surface area contributed by atoms with Gasteiger partial charge in [-0.25, -0.2) is 0 Å². The van der Waals surface area contributed by atoms with Gasteiger partial charge in [0.1, 0.15) is 5.78 Å². The molecule has 0 N–H and O–H groups in total. The number of carbonyl (C=O) groups excluding carboxylic acids is 1. The Hall–Kier alpha value is -2.26. The van der Waals surface area contributed by atoms with Crippen molar-refractivity contribution in [1.29, 1.82) is 0 Å². The Morgan fingerprint density at radius 1 is 1.17 bits per heavy atom. The molecule has 3 nitrogen and oxygen atoms in total. The van der Waals surface area contributed by atoms with Crippen LogP contribution in [0.5, 0.6) is 0 Å². The van der Waals surface area contributed by atoms with Crippen molar-refractivity contribution in [3.05, 3.63) is 64.3 Å². The highest BCUT2D eigenvalue weighted by Crippen LogP contribution is 2.67. The lowest BCUT2D eigenvalue weighted by Crippen LogP contribution is -2.53. The molecule has 4 atom stereocenters. The van der Waals surface area contributed by atoms with Crippen LogP contribution in [0.3, 0.4) is 0 Å². The quantitative estimate of drug-likeness (QED) is 0.642. The summed E-state index contributed by atoms with van der Waals surface area (Å²) in [5.74, 6) is 0.816. The average Bonchev–Trinajstić information content (AvgIpc) is 3.41. The minimum Gasteiger partial charge on any atom is -0.359 e. The number of ketones is 1. The Kier molecular flexibility index (Phi) is 3.20. The predicted octanol–water partition coefficient (Wildman–Crippen LogP) is 5.34. The maximum Gasteiger partial charge on any atom is 0.136 e. The number of Topliss-reactive ketones (excluding diaryl/α,β-unsaturated/α-hetero) is 1. The molecule has 1 saturated carbocycles. The SMILES string of the molecule is C[C@]12CC=C3C=C4CCC(=O)CC45CC[C@]3(O5)[C@@H]1CC=C2c1ccc2c(c1)C=NC2. The zero-order chi connectivity index (χ0) is 20.1. The summed E-state index contributed by atoms with van der Waals surface area (Å²) in [4.78, 5) is 16.8. The molecule has 0 amide bonds. The van der Waals surface area contributed by atoms with E-state index < -0.39 is 0 Å². The number of carbonyl (C=O) groups is 1. The molecular formula is C27H27NO2. The first-order chi connectivity index (χ1) is 14.5. The normalized spacial score (nSPS) is 40.2. The number of allylic oxidation sites excluding steroid dienone is 3. The molecule has 0 radical (unpaired) electrons. The summed E-state index contributed by atoms with van der Waals surface area (Å²) in [6.45, 7) is 3.26. The Morgan fingerprint density at radius 3 is 3.03 bits per heavy atom. The fourth-order valence-corrected chi connectivity index (χ4v) is 7.52. The van der Waals surface area contributed by atoms with E-state index in [1.165, 1.54) is 33.4 Å². The van der Waals surface area contributed by atoms with Crippen LogP contribution in [0.4, 0.5) is 0 Å². The number of ether oxygens (including phenoxy) is 1. The number of aliphatic imine (C=N–C) groups is 1. The van der Waals surface area contributed by atoms with E-state index in [9.17, 15) is 4.79 Å². The summed E-state index contributed by atoms with van der Waals surface area (Å²) < 4.78 is 7.08. The molecule has 1 saturated heterocycles. The number of nitrogens with zero attached hydrogens (tertiary/aromatic N) is 1. The zero-order valence-corrected chi connectivity index (χ0v) is 17.5. The van der Waals surface area contributed by atoms with Crippen molar-refractivity contribution in [2.75, 3.05) is 0 Å². The summed E-state index contributed by atoms with van der Waals surface area (Å²) >= 11 is 0. The van der Waals surface area contributed by atoms with Crippen LogP contribution in [0.25, 0.3) is 5.57 Å². The van der Waals surface area contributed by atoms with Crippen LogP contribution < -0.4 is 0 Å². The van der Waals surface area contributed by atoms with E-state index in [1.807, 2.05) is 6.21 Å². The van der Waals surface area contributed by atoms with Gasteiger partial charge in [-0.15, -0.1) is 0 Å². The lowest BCUT2D eigenvalue weighted by molar-refractivity contribution is -0.143. The van der Waals surface area contributed by atoms with E-state index >= 15 is 0 Å². The van der Waals surface area contributed by atoms with Gasteiger partial charge in [-0.2, -0.15) is 0 Å². The standard InChI is InChI=1S/C27H27NO2/c1-25-9-8-21-13-20-4-5-22(29)14-26(20)10-11-27(21,30-26)24(25)7-6-23(25)17-2-3-18-15-28-16-19(18)12-17/h2-3,6,8,12-13,16,24H,4-5,7,9-11,14-15H2,1H3/t24-,25-,26?,27-/m1/s1. The molecule has 6 aliphatic rings. The van der Waals surface area contributed by atoms with Crippen molar-refractivity contribution in [2.45, 2.75) is 69.6 Å². The van der Waals surface area contributed by atoms with Crippen LogP contribution >= 0.6 is 0 Å². The molecule has 3 heteroatoms. The molecule has 3 aliphatic carbocycles. The number of hydrogen-bond donors (Lipinski definition) is 0. The highest BCUT2D eigenvalue weighted by molar-refractivity contribution is 5.87. The smallest absolute Gasteiger partial charge is 0.136 e. The van der Waals surface area contributed by atoms with Crippen LogP contribution in [-0.2, 0) is 16.1 Å². The molecule has 0 aromatic heterocycles. The minimum atomic E-state index is -0.308.